The molecule has 1 unspecified atom stereocenters. The Morgan fingerprint density at radius 3 is 2.81 bits per heavy atom. The SMILES string of the molecule is Clc1ccc2cc(C3=NC(c4ccccc4)CS3)[nH]c2c1. The number of nitrogens with one attached hydrogen (secondary N) is 1. The van der Waals surface area contributed by atoms with Crippen LogP contribution >= 0.6 is 23.4 Å². The van der Waals surface area contributed by atoms with Crippen LogP contribution in [0.5, 0.6) is 0 Å². The normalized spacial score (nSPS) is 18.1. The van der Waals surface area contributed by atoms with Gasteiger partial charge in [0.1, 0.15) is 5.04 Å². The van der Waals surface area contributed by atoms with Gasteiger partial charge in [-0.25, -0.2) is 0 Å². The first-order valence-electron chi connectivity index (χ1n) is 6.84. The van der Waals surface area contributed by atoms with Crippen LogP contribution in [0.15, 0.2) is 59.6 Å². The number of H-pyrrole nitrogens is 1. The molecule has 1 aromatic heterocycles. The molecule has 1 N–H and O–H groups in total. The molecule has 0 aliphatic carbocycles. The van der Waals surface area contributed by atoms with E-state index in [0.717, 1.165) is 27.0 Å². The highest BCUT2D eigenvalue weighted by atomic mass is 35.5. The average Bonchev–Trinajstić information content (AvgIpc) is 3.14. The molecule has 2 heterocycles. The maximum atomic E-state index is 6.04. The summed E-state index contributed by atoms with van der Waals surface area (Å²) in [7, 11) is 0. The van der Waals surface area contributed by atoms with Gasteiger partial charge in [-0.05, 0) is 23.8 Å². The molecule has 1 aliphatic rings. The Balaban J connectivity index is 1.69. The van der Waals surface area contributed by atoms with E-state index in [0.29, 0.717) is 0 Å². The van der Waals surface area contributed by atoms with Gasteiger partial charge in [-0.15, -0.1) is 11.8 Å². The number of aliphatic imine (C=N–C) groups is 1. The molecule has 0 saturated carbocycles. The maximum absolute atomic E-state index is 6.04. The Morgan fingerprint density at radius 1 is 1.10 bits per heavy atom. The molecular formula is C17H13ClN2S. The van der Waals surface area contributed by atoms with E-state index in [1.165, 1.54) is 10.9 Å². The van der Waals surface area contributed by atoms with Crippen LogP contribution in [0.2, 0.25) is 5.02 Å². The fourth-order valence-corrected chi connectivity index (χ4v) is 3.80. The van der Waals surface area contributed by atoms with E-state index in [2.05, 4.69) is 35.3 Å². The molecule has 4 rings (SSSR count). The van der Waals surface area contributed by atoms with E-state index in [1.807, 2.05) is 24.3 Å². The van der Waals surface area contributed by atoms with Gasteiger partial charge in [-0.2, -0.15) is 0 Å². The number of hydrogen-bond donors (Lipinski definition) is 1. The number of hydrogen-bond acceptors (Lipinski definition) is 2. The Hall–Kier alpha value is -1.71. The highest BCUT2D eigenvalue weighted by Crippen LogP contribution is 2.33. The number of rotatable bonds is 2. The van der Waals surface area contributed by atoms with Crippen LogP contribution < -0.4 is 0 Å². The number of thioether (sulfide) groups is 1. The zero-order valence-electron chi connectivity index (χ0n) is 11.2. The predicted octanol–water partition coefficient (Wildman–Crippen LogP) is 5.06. The summed E-state index contributed by atoms with van der Waals surface area (Å²) in [4.78, 5) is 8.28. The van der Waals surface area contributed by atoms with Gasteiger partial charge in [0.05, 0.1) is 11.7 Å². The molecule has 0 saturated heterocycles. The number of fused-ring (bicyclic) bond motifs is 1. The Bertz CT molecular complexity index is 823. The summed E-state index contributed by atoms with van der Waals surface area (Å²) in [6.45, 7) is 0. The van der Waals surface area contributed by atoms with Gasteiger partial charge in [0.2, 0.25) is 0 Å². The standard InChI is InChI=1S/C17H13ClN2S/c18-13-7-6-12-8-15(19-14(12)9-13)17-20-16(10-21-17)11-4-2-1-3-5-11/h1-9,16,19H,10H2. The van der Waals surface area contributed by atoms with Gasteiger partial charge < -0.3 is 4.98 Å². The van der Waals surface area contributed by atoms with Crippen molar-refractivity contribution >= 4 is 39.3 Å². The van der Waals surface area contributed by atoms with E-state index < -0.39 is 0 Å². The molecule has 104 valence electrons. The third-order valence-electron chi connectivity index (χ3n) is 3.65. The molecule has 3 aromatic rings. The van der Waals surface area contributed by atoms with Crippen LogP contribution in [0.25, 0.3) is 10.9 Å². The van der Waals surface area contributed by atoms with Gasteiger partial charge in [0.25, 0.3) is 0 Å². The van der Waals surface area contributed by atoms with Crippen molar-refractivity contribution in [3.8, 4) is 0 Å². The first kappa shape index (κ1) is 13.0. The first-order chi connectivity index (χ1) is 10.3. The minimum absolute atomic E-state index is 0.251. The number of benzene rings is 2. The number of halogens is 1. The van der Waals surface area contributed by atoms with Crippen LogP contribution in [-0.4, -0.2) is 15.8 Å². The largest absolute Gasteiger partial charge is 0.353 e. The van der Waals surface area contributed by atoms with Crippen LogP contribution in [-0.2, 0) is 0 Å². The quantitative estimate of drug-likeness (QED) is 0.704. The van der Waals surface area contributed by atoms with Crippen molar-refractivity contribution < 1.29 is 0 Å². The molecule has 1 atom stereocenters. The summed E-state index contributed by atoms with van der Waals surface area (Å²) in [6.07, 6.45) is 0. The van der Waals surface area contributed by atoms with Crippen LogP contribution in [0.1, 0.15) is 17.3 Å². The van der Waals surface area contributed by atoms with Gasteiger partial charge in [0.15, 0.2) is 0 Å². The summed E-state index contributed by atoms with van der Waals surface area (Å²) in [5.41, 5.74) is 3.42. The summed E-state index contributed by atoms with van der Waals surface area (Å²) in [5, 5.41) is 3.00. The van der Waals surface area contributed by atoms with E-state index in [-0.39, 0.29) is 6.04 Å². The van der Waals surface area contributed by atoms with E-state index >= 15 is 0 Å². The van der Waals surface area contributed by atoms with Crippen molar-refractivity contribution in [3.63, 3.8) is 0 Å². The predicted molar refractivity (Wildman–Crippen MR) is 91.5 cm³/mol. The van der Waals surface area contributed by atoms with Crippen molar-refractivity contribution in [1.29, 1.82) is 0 Å². The lowest BCUT2D eigenvalue weighted by Gasteiger charge is -2.04. The minimum Gasteiger partial charge on any atom is -0.353 e. The van der Waals surface area contributed by atoms with Crippen LogP contribution in [0, 0.1) is 0 Å². The smallest absolute Gasteiger partial charge is 0.115 e. The molecule has 0 spiro atoms. The highest BCUT2D eigenvalue weighted by molar-refractivity contribution is 8.14. The summed E-state index contributed by atoms with van der Waals surface area (Å²) in [5.74, 6) is 0.996. The van der Waals surface area contributed by atoms with Crippen molar-refractivity contribution in [2.75, 3.05) is 5.75 Å². The van der Waals surface area contributed by atoms with Gasteiger partial charge in [0, 0.05) is 21.7 Å². The van der Waals surface area contributed by atoms with E-state index in [1.54, 1.807) is 11.8 Å². The lowest BCUT2D eigenvalue weighted by atomic mass is 10.1. The second-order valence-corrected chi connectivity index (χ2v) is 6.53. The number of nitrogens with zero attached hydrogens (tertiary/aromatic N) is 1. The maximum Gasteiger partial charge on any atom is 0.115 e. The van der Waals surface area contributed by atoms with Gasteiger partial charge >= 0.3 is 0 Å². The average molecular weight is 313 g/mol. The number of aromatic nitrogens is 1. The molecular weight excluding hydrogens is 300 g/mol. The molecule has 21 heavy (non-hydrogen) atoms. The second kappa shape index (κ2) is 5.24. The van der Waals surface area contributed by atoms with Crippen LogP contribution in [0.3, 0.4) is 0 Å². The summed E-state index contributed by atoms with van der Waals surface area (Å²) < 4.78 is 0. The van der Waals surface area contributed by atoms with Crippen molar-refractivity contribution in [3.05, 3.63) is 70.9 Å². The molecule has 2 aromatic carbocycles. The van der Waals surface area contributed by atoms with Crippen molar-refractivity contribution in [2.24, 2.45) is 4.99 Å². The third-order valence-corrected chi connectivity index (χ3v) is 4.97. The Morgan fingerprint density at radius 2 is 1.95 bits per heavy atom. The molecule has 1 aliphatic heterocycles. The molecule has 0 bridgehead atoms. The minimum atomic E-state index is 0.251. The summed E-state index contributed by atoms with van der Waals surface area (Å²) >= 11 is 7.84. The number of aromatic amines is 1. The molecule has 0 fully saturated rings. The second-order valence-electron chi connectivity index (χ2n) is 5.09. The van der Waals surface area contributed by atoms with Crippen molar-refractivity contribution in [2.45, 2.75) is 6.04 Å². The van der Waals surface area contributed by atoms with Crippen molar-refractivity contribution in [1.82, 2.24) is 4.98 Å². The lowest BCUT2D eigenvalue weighted by molar-refractivity contribution is 0.849. The zero-order valence-corrected chi connectivity index (χ0v) is 12.8. The zero-order chi connectivity index (χ0) is 14.2. The lowest BCUT2D eigenvalue weighted by Crippen LogP contribution is -1.93. The Kier molecular flexibility index (Phi) is 3.24. The Labute approximate surface area is 132 Å². The molecule has 0 radical (unpaired) electrons. The third kappa shape index (κ3) is 2.47. The first-order valence-corrected chi connectivity index (χ1v) is 8.20. The monoisotopic (exact) mass is 312 g/mol. The fourth-order valence-electron chi connectivity index (χ4n) is 2.58. The van der Waals surface area contributed by atoms with Crippen LogP contribution in [0.4, 0.5) is 0 Å². The van der Waals surface area contributed by atoms with Gasteiger partial charge in [-0.1, -0.05) is 48.0 Å². The fraction of sp³-hybridized carbons (Fsp3) is 0.118. The topological polar surface area (TPSA) is 28.1 Å². The molecule has 0 amide bonds. The van der Waals surface area contributed by atoms with E-state index in [9.17, 15) is 0 Å². The molecule has 2 nitrogen and oxygen atoms in total. The molecule has 4 heteroatoms. The van der Waals surface area contributed by atoms with Gasteiger partial charge in [-0.3, -0.25) is 4.99 Å². The highest BCUT2D eigenvalue weighted by Gasteiger charge is 2.21. The summed E-state index contributed by atoms with van der Waals surface area (Å²) in [6, 6.07) is 18.8. The van der Waals surface area contributed by atoms with E-state index in [4.69, 9.17) is 16.6 Å².